The summed E-state index contributed by atoms with van der Waals surface area (Å²) in [5.41, 5.74) is 2.98. The second-order valence-electron chi connectivity index (χ2n) is 5.05. The standard InChI is InChI=1S/C15H20N4/c1-3-19(12-8-9-16-10-12)15-11(2)17-13-6-4-5-7-14(13)18-15/h4-7,12,16H,3,8-10H2,1-2H3. The topological polar surface area (TPSA) is 41.1 Å². The molecule has 2 aromatic rings. The van der Waals surface area contributed by atoms with E-state index in [-0.39, 0.29) is 0 Å². The van der Waals surface area contributed by atoms with Crippen molar-refractivity contribution < 1.29 is 0 Å². The van der Waals surface area contributed by atoms with Crippen molar-refractivity contribution in [2.75, 3.05) is 24.5 Å². The molecule has 0 bridgehead atoms. The van der Waals surface area contributed by atoms with E-state index in [2.05, 4.69) is 24.1 Å². The average Bonchev–Trinajstić information content (AvgIpc) is 2.94. The number of aromatic nitrogens is 2. The first kappa shape index (κ1) is 12.4. The minimum atomic E-state index is 0.541. The summed E-state index contributed by atoms with van der Waals surface area (Å²) in [5, 5.41) is 3.42. The molecule has 0 spiro atoms. The monoisotopic (exact) mass is 256 g/mol. The molecule has 1 saturated heterocycles. The third-order valence-electron chi connectivity index (χ3n) is 3.81. The van der Waals surface area contributed by atoms with Crippen LogP contribution in [-0.2, 0) is 0 Å². The first-order valence-corrected chi connectivity index (χ1v) is 7.00. The number of anilines is 1. The zero-order valence-electron chi connectivity index (χ0n) is 11.6. The molecule has 4 nitrogen and oxygen atoms in total. The van der Waals surface area contributed by atoms with Gasteiger partial charge in [-0.05, 0) is 38.9 Å². The van der Waals surface area contributed by atoms with Crippen LogP contribution in [-0.4, -0.2) is 35.6 Å². The summed E-state index contributed by atoms with van der Waals surface area (Å²) >= 11 is 0. The Morgan fingerprint density at radius 1 is 1.26 bits per heavy atom. The number of benzene rings is 1. The SMILES string of the molecule is CCN(c1nc2ccccc2nc1C)C1CCNC1. The van der Waals surface area contributed by atoms with Crippen LogP contribution >= 0.6 is 0 Å². The van der Waals surface area contributed by atoms with E-state index in [0.29, 0.717) is 6.04 Å². The van der Waals surface area contributed by atoms with Gasteiger partial charge in [-0.25, -0.2) is 9.97 Å². The van der Waals surface area contributed by atoms with E-state index in [1.807, 2.05) is 24.3 Å². The molecule has 1 aliphatic rings. The summed E-state index contributed by atoms with van der Waals surface area (Å²) in [7, 11) is 0. The molecule has 4 heteroatoms. The van der Waals surface area contributed by atoms with Crippen molar-refractivity contribution in [1.29, 1.82) is 0 Å². The van der Waals surface area contributed by atoms with E-state index >= 15 is 0 Å². The molecule has 2 heterocycles. The molecule has 1 aromatic heterocycles. The molecule has 1 aliphatic heterocycles. The molecule has 1 fully saturated rings. The van der Waals surface area contributed by atoms with E-state index in [4.69, 9.17) is 9.97 Å². The summed E-state index contributed by atoms with van der Waals surface area (Å²) in [6.45, 7) is 7.36. The highest BCUT2D eigenvalue weighted by molar-refractivity contribution is 5.76. The number of rotatable bonds is 3. The predicted octanol–water partition coefficient (Wildman–Crippen LogP) is 2.13. The number of likely N-dealkylation sites (N-methyl/N-ethyl adjacent to an activating group) is 1. The van der Waals surface area contributed by atoms with Gasteiger partial charge in [-0.3, -0.25) is 0 Å². The van der Waals surface area contributed by atoms with Crippen LogP contribution in [0, 0.1) is 6.92 Å². The summed E-state index contributed by atoms with van der Waals surface area (Å²) in [6.07, 6.45) is 1.18. The summed E-state index contributed by atoms with van der Waals surface area (Å²) < 4.78 is 0. The molecular formula is C15H20N4. The van der Waals surface area contributed by atoms with Gasteiger partial charge in [0.25, 0.3) is 0 Å². The second-order valence-corrected chi connectivity index (χ2v) is 5.05. The molecule has 1 aromatic carbocycles. The van der Waals surface area contributed by atoms with E-state index in [9.17, 15) is 0 Å². The van der Waals surface area contributed by atoms with E-state index in [0.717, 1.165) is 42.2 Å². The number of para-hydroxylation sites is 2. The van der Waals surface area contributed by atoms with Gasteiger partial charge in [0.05, 0.1) is 16.7 Å². The van der Waals surface area contributed by atoms with Gasteiger partial charge in [0.2, 0.25) is 0 Å². The minimum absolute atomic E-state index is 0.541. The number of hydrogen-bond acceptors (Lipinski definition) is 4. The maximum atomic E-state index is 4.83. The van der Waals surface area contributed by atoms with E-state index in [1.165, 1.54) is 6.42 Å². The van der Waals surface area contributed by atoms with Crippen molar-refractivity contribution in [2.24, 2.45) is 0 Å². The highest BCUT2D eigenvalue weighted by atomic mass is 15.2. The lowest BCUT2D eigenvalue weighted by atomic mass is 10.2. The van der Waals surface area contributed by atoms with Crippen LogP contribution in [0.5, 0.6) is 0 Å². The fourth-order valence-electron chi connectivity index (χ4n) is 2.84. The Balaban J connectivity index is 2.04. The van der Waals surface area contributed by atoms with Gasteiger partial charge < -0.3 is 10.2 Å². The maximum Gasteiger partial charge on any atom is 0.151 e. The first-order chi connectivity index (χ1) is 9.29. The molecule has 100 valence electrons. The van der Waals surface area contributed by atoms with Gasteiger partial charge in [-0.1, -0.05) is 12.1 Å². The lowest BCUT2D eigenvalue weighted by Gasteiger charge is -2.29. The van der Waals surface area contributed by atoms with Gasteiger partial charge in [0, 0.05) is 19.1 Å². The van der Waals surface area contributed by atoms with Crippen LogP contribution in [0.1, 0.15) is 19.0 Å². The van der Waals surface area contributed by atoms with Crippen molar-refractivity contribution in [3.05, 3.63) is 30.0 Å². The zero-order chi connectivity index (χ0) is 13.2. The Labute approximate surface area is 113 Å². The summed E-state index contributed by atoms with van der Waals surface area (Å²) in [5.74, 6) is 1.04. The molecule has 19 heavy (non-hydrogen) atoms. The Kier molecular flexibility index (Phi) is 3.34. The smallest absolute Gasteiger partial charge is 0.151 e. The van der Waals surface area contributed by atoms with Gasteiger partial charge in [0.15, 0.2) is 5.82 Å². The molecule has 0 amide bonds. The normalized spacial score (nSPS) is 18.9. The van der Waals surface area contributed by atoms with Crippen molar-refractivity contribution in [3.63, 3.8) is 0 Å². The molecule has 0 radical (unpaired) electrons. The van der Waals surface area contributed by atoms with Gasteiger partial charge in [-0.2, -0.15) is 0 Å². The van der Waals surface area contributed by atoms with Gasteiger partial charge in [0.1, 0.15) is 0 Å². The van der Waals surface area contributed by atoms with Crippen molar-refractivity contribution in [2.45, 2.75) is 26.3 Å². The molecule has 0 aliphatic carbocycles. The fraction of sp³-hybridized carbons (Fsp3) is 0.467. The quantitative estimate of drug-likeness (QED) is 0.913. The molecule has 1 atom stereocenters. The Morgan fingerprint density at radius 3 is 2.63 bits per heavy atom. The molecule has 1 unspecified atom stereocenters. The van der Waals surface area contributed by atoms with E-state index < -0.39 is 0 Å². The van der Waals surface area contributed by atoms with E-state index in [1.54, 1.807) is 0 Å². The highest BCUT2D eigenvalue weighted by Crippen LogP contribution is 2.23. The van der Waals surface area contributed by atoms with Crippen molar-refractivity contribution in [3.8, 4) is 0 Å². The molecule has 1 N–H and O–H groups in total. The maximum absolute atomic E-state index is 4.83. The Bertz CT molecular complexity index is 575. The lowest BCUT2D eigenvalue weighted by molar-refractivity contribution is 0.638. The number of nitrogens with zero attached hydrogens (tertiary/aromatic N) is 3. The first-order valence-electron chi connectivity index (χ1n) is 7.00. The average molecular weight is 256 g/mol. The van der Waals surface area contributed by atoms with Gasteiger partial charge >= 0.3 is 0 Å². The highest BCUT2D eigenvalue weighted by Gasteiger charge is 2.24. The van der Waals surface area contributed by atoms with Crippen LogP contribution < -0.4 is 10.2 Å². The third kappa shape index (κ3) is 2.28. The largest absolute Gasteiger partial charge is 0.351 e. The lowest BCUT2D eigenvalue weighted by Crippen LogP contribution is -2.38. The molecular weight excluding hydrogens is 236 g/mol. The van der Waals surface area contributed by atoms with Crippen LogP contribution in [0.25, 0.3) is 11.0 Å². The Hall–Kier alpha value is -1.68. The van der Waals surface area contributed by atoms with Gasteiger partial charge in [-0.15, -0.1) is 0 Å². The number of fused-ring (bicyclic) bond motifs is 1. The van der Waals surface area contributed by atoms with Crippen molar-refractivity contribution >= 4 is 16.9 Å². The minimum Gasteiger partial charge on any atom is -0.351 e. The second kappa shape index (κ2) is 5.13. The van der Waals surface area contributed by atoms with Crippen LogP contribution in [0.3, 0.4) is 0 Å². The summed E-state index contributed by atoms with van der Waals surface area (Å²) in [6, 6.07) is 8.62. The van der Waals surface area contributed by atoms with Crippen LogP contribution in [0.2, 0.25) is 0 Å². The number of nitrogens with one attached hydrogen (secondary N) is 1. The van der Waals surface area contributed by atoms with Crippen LogP contribution in [0.4, 0.5) is 5.82 Å². The Morgan fingerprint density at radius 2 is 2.00 bits per heavy atom. The molecule has 0 saturated carbocycles. The third-order valence-corrected chi connectivity index (χ3v) is 3.81. The summed E-state index contributed by atoms with van der Waals surface area (Å²) in [4.78, 5) is 11.9. The van der Waals surface area contributed by atoms with Crippen molar-refractivity contribution in [1.82, 2.24) is 15.3 Å². The van der Waals surface area contributed by atoms with Crippen LogP contribution in [0.15, 0.2) is 24.3 Å². The molecule has 3 rings (SSSR count). The predicted molar refractivity (Wildman–Crippen MR) is 78.6 cm³/mol. The number of aryl methyl sites for hydroxylation is 1. The zero-order valence-corrected chi connectivity index (χ0v) is 11.6. The fourth-order valence-corrected chi connectivity index (χ4v) is 2.84. The number of hydrogen-bond donors (Lipinski definition) is 1.